The van der Waals surface area contributed by atoms with E-state index in [4.69, 9.17) is 4.74 Å². The largest absolute Gasteiger partial charge is 0.493 e. The van der Waals surface area contributed by atoms with Crippen molar-refractivity contribution < 1.29 is 4.74 Å². The first-order valence-corrected chi connectivity index (χ1v) is 4.93. The summed E-state index contributed by atoms with van der Waals surface area (Å²) in [5.41, 5.74) is 4.02. The highest BCUT2D eigenvalue weighted by Gasteiger charge is 2.19. The maximum Gasteiger partial charge on any atom is 0.125 e. The Morgan fingerprint density at radius 3 is 2.85 bits per heavy atom. The molecule has 1 heteroatoms. The van der Waals surface area contributed by atoms with Crippen molar-refractivity contribution in [3.8, 4) is 5.75 Å². The summed E-state index contributed by atoms with van der Waals surface area (Å²) in [6.07, 6.45) is 1.15. The van der Waals surface area contributed by atoms with Crippen molar-refractivity contribution in [3.05, 3.63) is 28.8 Å². The standard InChI is InChI=1S/C12H16O/c1-8-4-5-11-9(2)6-7-13-12(11)10(8)3/h4-5,9H,6-7H2,1-3H3/t9-/m1/s1. The zero-order valence-corrected chi connectivity index (χ0v) is 8.55. The van der Waals surface area contributed by atoms with Crippen LogP contribution in [-0.2, 0) is 0 Å². The highest BCUT2D eigenvalue weighted by molar-refractivity contribution is 5.47. The molecule has 0 radical (unpaired) electrons. The molecule has 0 aliphatic carbocycles. The van der Waals surface area contributed by atoms with Crippen LogP contribution in [0.2, 0.25) is 0 Å². The maximum atomic E-state index is 5.71. The van der Waals surface area contributed by atoms with E-state index in [1.165, 1.54) is 16.7 Å². The van der Waals surface area contributed by atoms with Crippen LogP contribution in [-0.4, -0.2) is 6.61 Å². The van der Waals surface area contributed by atoms with E-state index in [1.54, 1.807) is 0 Å². The molecule has 1 nitrogen and oxygen atoms in total. The van der Waals surface area contributed by atoms with E-state index >= 15 is 0 Å². The summed E-state index contributed by atoms with van der Waals surface area (Å²) < 4.78 is 5.71. The monoisotopic (exact) mass is 176 g/mol. The van der Waals surface area contributed by atoms with E-state index in [-0.39, 0.29) is 0 Å². The molecule has 1 aliphatic rings. The predicted octanol–water partition coefficient (Wildman–Crippen LogP) is 3.19. The highest BCUT2D eigenvalue weighted by Crippen LogP contribution is 2.36. The Labute approximate surface area is 79.7 Å². The SMILES string of the molecule is Cc1ccc2c(c1C)OCC[C@H]2C. The van der Waals surface area contributed by atoms with Gasteiger partial charge in [-0.3, -0.25) is 0 Å². The summed E-state index contributed by atoms with van der Waals surface area (Å²) in [4.78, 5) is 0. The molecule has 0 N–H and O–H groups in total. The van der Waals surface area contributed by atoms with Crippen LogP contribution in [0.25, 0.3) is 0 Å². The van der Waals surface area contributed by atoms with Gasteiger partial charge in [-0.15, -0.1) is 0 Å². The Balaban J connectivity index is 2.56. The van der Waals surface area contributed by atoms with Crippen LogP contribution in [0.15, 0.2) is 12.1 Å². The van der Waals surface area contributed by atoms with E-state index in [0.717, 1.165) is 18.8 Å². The van der Waals surface area contributed by atoms with Crippen molar-refractivity contribution in [1.82, 2.24) is 0 Å². The molecule has 0 saturated heterocycles. The highest BCUT2D eigenvalue weighted by atomic mass is 16.5. The van der Waals surface area contributed by atoms with Gasteiger partial charge in [-0.1, -0.05) is 19.1 Å². The molecule has 1 aromatic rings. The molecule has 1 heterocycles. The third-order valence-electron chi connectivity index (χ3n) is 3.04. The van der Waals surface area contributed by atoms with E-state index in [2.05, 4.69) is 32.9 Å². The molecule has 0 bridgehead atoms. The molecule has 0 amide bonds. The lowest BCUT2D eigenvalue weighted by Crippen LogP contribution is -2.13. The Morgan fingerprint density at radius 2 is 2.08 bits per heavy atom. The number of fused-ring (bicyclic) bond motifs is 1. The van der Waals surface area contributed by atoms with Gasteiger partial charge in [0.25, 0.3) is 0 Å². The minimum atomic E-state index is 0.656. The molecule has 1 aromatic carbocycles. The van der Waals surface area contributed by atoms with Crippen molar-refractivity contribution in [2.75, 3.05) is 6.61 Å². The van der Waals surface area contributed by atoms with Gasteiger partial charge in [-0.2, -0.15) is 0 Å². The van der Waals surface area contributed by atoms with Gasteiger partial charge < -0.3 is 4.74 Å². The van der Waals surface area contributed by atoms with Crippen LogP contribution in [0.1, 0.15) is 36.0 Å². The summed E-state index contributed by atoms with van der Waals surface area (Å²) in [5.74, 6) is 1.79. The normalized spacial score (nSPS) is 20.7. The van der Waals surface area contributed by atoms with Crippen LogP contribution in [0.5, 0.6) is 5.75 Å². The number of hydrogen-bond acceptors (Lipinski definition) is 1. The molecule has 0 saturated carbocycles. The molecule has 1 atom stereocenters. The molecule has 70 valence electrons. The minimum Gasteiger partial charge on any atom is -0.493 e. The van der Waals surface area contributed by atoms with Gasteiger partial charge in [-0.05, 0) is 42.9 Å². The van der Waals surface area contributed by atoms with Gasteiger partial charge >= 0.3 is 0 Å². The Kier molecular flexibility index (Phi) is 2.03. The van der Waals surface area contributed by atoms with E-state index < -0.39 is 0 Å². The summed E-state index contributed by atoms with van der Waals surface area (Å²) in [5, 5.41) is 0. The first-order chi connectivity index (χ1) is 6.20. The third-order valence-corrected chi connectivity index (χ3v) is 3.04. The van der Waals surface area contributed by atoms with Crippen molar-refractivity contribution in [2.24, 2.45) is 0 Å². The predicted molar refractivity (Wildman–Crippen MR) is 54.4 cm³/mol. The molecule has 0 spiro atoms. The van der Waals surface area contributed by atoms with Crippen molar-refractivity contribution >= 4 is 0 Å². The average molecular weight is 176 g/mol. The number of aryl methyl sites for hydroxylation is 1. The summed E-state index contributed by atoms with van der Waals surface area (Å²) in [6, 6.07) is 4.40. The number of rotatable bonds is 0. The Morgan fingerprint density at radius 1 is 1.31 bits per heavy atom. The Bertz CT molecular complexity index is 328. The number of ether oxygens (including phenoxy) is 1. The van der Waals surface area contributed by atoms with Crippen LogP contribution >= 0.6 is 0 Å². The van der Waals surface area contributed by atoms with Crippen LogP contribution in [0, 0.1) is 13.8 Å². The lowest BCUT2D eigenvalue weighted by atomic mass is 9.91. The second kappa shape index (κ2) is 3.06. The first-order valence-electron chi connectivity index (χ1n) is 4.93. The van der Waals surface area contributed by atoms with E-state index in [0.29, 0.717) is 5.92 Å². The number of benzene rings is 1. The van der Waals surface area contributed by atoms with E-state index in [1.807, 2.05) is 0 Å². The molecule has 0 fully saturated rings. The molecule has 1 aliphatic heterocycles. The number of hydrogen-bond donors (Lipinski definition) is 0. The van der Waals surface area contributed by atoms with Crippen LogP contribution in [0.3, 0.4) is 0 Å². The fraction of sp³-hybridized carbons (Fsp3) is 0.500. The van der Waals surface area contributed by atoms with Gasteiger partial charge in [0.2, 0.25) is 0 Å². The topological polar surface area (TPSA) is 9.23 Å². The smallest absolute Gasteiger partial charge is 0.125 e. The molecule has 13 heavy (non-hydrogen) atoms. The van der Waals surface area contributed by atoms with Gasteiger partial charge in [-0.25, -0.2) is 0 Å². The minimum absolute atomic E-state index is 0.656. The van der Waals surface area contributed by atoms with Crippen molar-refractivity contribution in [1.29, 1.82) is 0 Å². The summed E-state index contributed by atoms with van der Waals surface area (Å²) >= 11 is 0. The average Bonchev–Trinajstić information content (AvgIpc) is 2.12. The summed E-state index contributed by atoms with van der Waals surface area (Å²) in [6.45, 7) is 7.43. The van der Waals surface area contributed by atoms with Crippen molar-refractivity contribution in [3.63, 3.8) is 0 Å². The maximum absolute atomic E-state index is 5.71. The molecular formula is C12H16O. The fourth-order valence-electron chi connectivity index (χ4n) is 1.88. The molecule has 0 unspecified atom stereocenters. The second-order valence-corrected chi connectivity index (χ2v) is 3.96. The van der Waals surface area contributed by atoms with Gasteiger partial charge in [0.15, 0.2) is 0 Å². The van der Waals surface area contributed by atoms with Crippen molar-refractivity contribution in [2.45, 2.75) is 33.1 Å². The second-order valence-electron chi connectivity index (χ2n) is 3.96. The Hall–Kier alpha value is -0.980. The molecule has 0 aromatic heterocycles. The zero-order valence-electron chi connectivity index (χ0n) is 8.55. The lowest BCUT2D eigenvalue weighted by Gasteiger charge is -2.25. The zero-order chi connectivity index (χ0) is 9.42. The molecule has 2 rings (SSSR count). The van der Waals surface area contributed by atoms with Gasteiger partial charge in [0, 0.05) is 0 Å². The van der Waals surface area contributed by atoms with Gasteiger partial charge in [0.05, 0.1) is 6.61 Å². The lowest BCUT2D eigenvalue weighted by molar-refractivity contribution is 0.270. The summed E-state index contributed by atoms with van der Waals surface area (Å²) in [7, 11) is 0. The molecular weight excluding hydrogens is 160 g/mol. The van der Waals surface area contributed by atoms with Crippen LogP contribution < -0.4 is 4.74 Å². The van der Waals surface area contributed by atoms with E-state index in [9.17, 15) is 0 Å². The fourth-order valence-corrected chi connectivity index (χ4v) is 1.88. The van der Waals surface area contributed by atoms with Gasteiger partial charge in [0.1, 0.15) is 5.75 Å². The third kappa shape index (κ3) is 1.32. The quantitative estimate of drug-likeness (QED) is 0.590. The van der Waals surface area contributed by atoms with Crippen LogP contribution in [0.4, 0.5) is 0 Å². The first kappa shape index (κ1) is 8.61.